The maximum Gasteiger partial charge on any atom is 0.339 e. The van der Waals surface area contributed by atoms with Gasteiger partial charge in [-0.05, 0) is 57.3 Å². The van der Waals surface area contributed by atoms with Crippen molar-refractivity contribution in [2.45, 2.75) is 18.7 Å². The summed E-state index contributed by atoms with van der Waals surface area (Å²) in [5.74, 6) is -0.954. The Morgan fingerprint density at radius 1 is 1.06 bits per heavy atom. The number of likely N-dealkylation sites (N-methyl/N-ethyl adjacent to an activating group) is 1. The van der Waals surface area contributed by atoms with Gasteiger partial charge >= 0.3 is 5.97 Å². The number of nitrogens with one attached hydrogen (secondary N) is 1. The molecular weight excluding hydrogens is 420 g/mol. The largest absolute Gasteiger partial charge is 0.462 e. The van der Waals surface area contributed by atoms with E-state index in [4.69, 9.17) is 4.74 Å². The van der Waals surface area contributed by atoms with Gasteiger partial charge in [0, 0.05) is 31.9 Å². The molecule has 0 aliphatic carbocycles. The van der Waals surface area contributed by atoms with E-state index >= 15 is 0 Å². The molecule has 1 fully saturated rings. The van der Waals surface area contributed by atoms with Crippen LogP contribution in [0.3, 0.4) is 0 Å². The van der Waals surface area contributed by atoms with Crippen LogP contribution < -0.4 is 5.32 Å². The standard InChI is InChI=1S/C21H26N4O5S/c1-4-30-21(27)18-9-10-19(22-15(18)2)20(26)23-16-5-7-17(8-6-16)31(28,29)25-13-11-24(3)12-14-25/h5-10H,4,11-14H2,1-3H3,(H,23,26). The first-order chi connectivity index (χ1) is 14.7. The number of hydrogen-bond donors (Lipinski definition) is 1. The number of anilines is 1. The van der Waals surface area contributed by atoms with Crippen LogP contribution in [0.4, 0.5) is 5.69 Å². The zero-order chi connectivity index (χ0) is 22.6. The molecule has 1 amide bonds. The molecule has 0 atom stereocenters. The number of rotatable bonds is 6. The number of ether oxygens (including phenoxy) is 1. The van der Waals surface area contributed by atoms with Crippen LogP contribution in [0.25, 0.3) is 0 Å². The van der Waals surface area contributed by atoms with Gasteiger partial charge in [0.25, 0.3) is 5.91 Å². The Hall–Kier alpha value is -2.82. The highest BCUT2D eigenvalue weighted by atomic mass is 32.2. The van der Waals surface area contributed by atoms with Gasteiger partial charge in [-0.25, -0.2) is 18.2 Å². The van der Waals surface area contributed by atoms with E-state index in [2.05, 4.69) is 15.2 Å². The quantitative estimate of drug-likeness (QED) is 0.674. The summed E-state index contributed by atoms with van der Waals surface area (Å²) in [5, 5.41) is 2.69. The first-order valence-electron chi connectivity index (χ1n) is 9.97. The molecule has 0 unspecified atom stereocenters. The van der Waals surface area contributed by atoms with Crippen LogP contribution in [-0.4, -0.2) is 74.3 Å². The van der Waals surface area contributed by atoms with Crippen molar-refractivity contribution in [2.75, 3.05) is 45.2 Å². The SMILES string of the molecule is CCOC(=O)c1ccc(C(=O)Nc2ccc(S(=O)(=O)N3CCN(C)CC3)cc2)nc1C. The monoisotopic (exact) mass is 446 g/mol. The first-order valence-corrected chi connectivity index (χ1v) is 11.4. The number of aryl methyl sites for hydroxylation is 1. The third-order valence-electron chi connectivity index (χ3n) is 5.03. The summed E-state index contributed by atoms with van der Waals surface area (Å²) in [7, 11) is -1.61. The number of amides is 1. The maximum atomic E-state index is 12.8. The second-order valence-corrected chi connectivity index (χ2v) is 9.17. The summed E-state index contributed by atoms with van der Waals surface area (Å²) < 4.78 is 32.0. The number of esters is 1. The molecule has 0 radical (unpaired) electrons. The van der Waals surface area contributed by atoms with E-state index in [0.717, 1.165) is 0 Å². The highest BCUT2D eigenvalue weighted by Crippen LogP contribution is 2.20. The molecule has 9 nitrogen and oxygen atoms in total. The normalized spacial score (nSPS) is 15.5. The smallest absolute Gasteiger partial charge is 0.339 e. The van der Waals surface area contributed by atoms with Crippen molar-refractivity contribution in [1.29, 1.82) is 0 Å². The molecule has 1 aliphatic rings. The number of piperazine rings is 1. The lowest BCUT2D eigenvalue weighted by Crippen LogP contribution is -2.46. The number of carbonyl (C=O) groups excluding carboxylic acids is 2. The molecule has 2 aromatic rings. The Morgan fingerprint density at radius 2 is 1.71 bits per heavy atom. The van der Waals surface area contributed by atoms with Crippen LogP contribution >= 0.6 is 0 Å². The molecule has 1 aromatic heterocycles. The number of pyridine rings is 1. The minimum absolute atomic E-state index is 0.139. The predicted molar refractivity (Wildman–Crippen MR) is 116 cm³/mol. The minimum Gasteiger partial charge on any atom is -0.462 e. The van der Waals surface area contributed by atoms with Crippen LogP contribution in [0.5, 0.6) is 0 Å². The van der Waals surface area contributed by atoms with E-state index in [9.17, 15) is 18.0 Å². The number of carbonyl (C=O) groups is 2. The zero-order valence-corrected chi connectivity index (χ0v) is 18.6. The Labute approximate surface area is 182 Å². The number of sulfonamides is 1. The average molecular weight is 447 g/mol. The summed E-state index contributed by atoms with van der Waals surface area (Å²) in [4.78, 5) is 30.8. The topological polar surface area (TPSA) is 109 Å². The Balaban J connectivity index is 1.69. The van der Waals surface area contributed by atoms with Gasteiger partial charge in [0.15, 0.2) is 0 Å². The van der Waals surface area contributed by atoms with Crippen molar-refractivity contribution in [3.05, 3.63) is 53.3 Å². The highest BCUT2D eigenvalue weighted by molar-refractivity contribution is 7.89. The van der Waals surface area contributed by atoms with Gasteiger partial charge in [-0.1, -0.05) is 0 Å². The molecule has 1 aliphatic heterocycles. The molecule has 2 heterocycles. The van der Waals surface area contributed by atoms with Crippen molar-refractivity contribution in [3.8, 4) is 0 Å². The lowest BCUT2D eigenvalue weighted by Gasteiger charge is -2.31. The molecule has 31 heavy (non-hydrogen) atoms. The Morgan fingerprint density at radius 3 is 2.29 bits per heavy atom. The fraction of sp³-hybridized carbons (Fsp3) is 0.381. The summed E-state index contributed by atoms with van der Waals surface area (Å²) in [6.45, 7) is 5.87. The second-order valence-electron chi connectivity index (χ2n) is 7.24. The van der Waals surface area contributed by atoms with Gasteiger partial charge in [0.1, 0.15) is 5.69 Å². The van der Waals surface area contributed by atoms with Crippen LogP contribution in [0, 0.1) is 6.92 Å². The second kappa shape index (κ2) is 9.54. The highest BCUT2D eigenvalue weighted by Gasteiger charge is 2.27. The van der Waals surface area contributed by atoms with Crippen molar-refractivity contribution in [3.63, 3.8) is 0 Å². The number of hydrogen-bond acceptors (Lipinski definition) is 7. The third kappa shape index (κ3) is 5.27. The molecule has 1 N–H and O–H groups in total. The van der Waals surface area contributed by atoms with E-state index in [1.165, 1.54) is 28.6 Å². The van der Waals surface area contributed by atoms with Crippen molar-refractivity contribution in [2.24, 2.45) is 0 Å². The molecule has 1 aromatic carbocycles. The fourth-order valence-corrected chi connectivity index (χ4v) is 4.62. The van der Waals surface area contributed by atoms with Crippen molar-refractivity contribution < 1.29 is 22.7 Å². The average Bonchev–Trinajstić information content (AvgIpc) is 2.74. The molecule has 10 heteroatoms. The van der Waals surface area contributed by atoms with Crippen molar-refractivity contribution in [1.82, 2.24) is 14.2 Å². The lowest BCUT2D eigenvalue weighted by atomic mass is 10.2. The van der Waals surface area contributed by atoms with Gasteiger partial charge in [-0.3, -0.25) is 4.79 Å². The number of aromatic nitrogens is 1. The third-order valence-corrected chi connectivity index (χ3v) is 6.94. The summed E-state index contributed by atoms with van der Waals surface area (Å²) in [6, 6.07) is 8.99. The van der Waals surface area contributed by atoms with E-state index < -0.39 is 21.9 Å². The molecular formula is C21H26N4O5S. The van der Waals surface area contributed by atoms with Gasteiger partial charge in [0.05, 0.1) is 22.8 Å². The van der Waals surface area contributed by atoms with Crippen LogP contribution in [0.1, 0.15) is 33.5 Å². The van der Waals surface area contributed by atoms with Crippen molar-refractivity contribution >= 4 is 27.6 Å². The first kappa shape index (κ1) is 22.9. The van der Waals surface area contributed by atoms with Crippen LogP contribution in [0.15, 0.2) is 41.3 Å². The Kier molecular flexibility index (Phi) is 7.04. The molecule has 0 saturated carbocycles. The fourth-order valence-electron chi connectivity index (χ4n) is 3.19. The number of nitrogens with zero attached hydrogens (tertiary/aromatic N) is 3. The van der Waals surface area contributed by atoms with Gasteiger partial charge in [0.2, 0.25) is 10.0 Å². The summed E-state index contributed by atoms with van der Waals surface area (Å²) >= 11 is 0. The van der Waals surface area contributed by atoms with E-state index in [1.54, 1.807) is 26.0 Å². The van der Waals surface area contributed by atoms with Crippen LogP contribution in [-0.2, 0) is 14.8 Å². The van der Waals surface area contributed by atoms with Crippen LogP contribution in [0.2, 0.25) is 0 Å². The van der Waals surface area contributed by atoms with E-state index in [1.807, 2.05) is 7.05 Å². The lowest BCUT2D eigenvalue weighted by molar-refractivity contribution is 0.0524. The van der Waals surface area contributed by atoms with Gasteiger partial charge in [-0.15, -0.1) is 0 Å². The minimum atomic E-state index is -3.57. The van der Waals surface area contributed by atoms with Gasteiger partial charge in [-0.2, -0.15) is 4.31 Å². The molecule has 0 spiro atoms. The molecule has 0 bridgehead atoms. The summed E-state index contributed by atoms with van der Waals surface area (Å²) in [6.07, 6.45) is 0. The number of benzene rings is 1. The molecule has 166 valence electrons. The maximum absolute atomic E-state index is 12.8. The van der Waals surface area contributed by atoms with E-state index in [-0.39, 0.29) is 17.2 Å². The molecule has 1 saturated heterocycles. The van der Waals surface area contributed by atoms with Gasteiger partial charge < -0.3 is 15.0 Å². The Bertz CT molecular complexity index is 1060. The summed E-state index contributed by atoms with van der Waals surface area (Å²) in [5.41, 5.74) is 1.27. The molecule has 3 rings (SSSR count). The zero-order valence-electron chi connectivity index (χ0n) is 17.8. The van der Waals surface area contributed by atoms with E-state index in [0.29, 0.717) is 43.1 Å². The predicted octanol–water partition coefficient (Wildman–Crippen LogP) is 1.76.